The maximum atomic E-state index is 12.0. The van der Waals surface area contributed by atoms with Gasteiger partial charge in [0.05, 0.1) is 17.7 Å². The number of carboxylic acid groups (broad SMARTS) is 1. The molecule has 1 saturated carbocycles. The summed E-state index contributed by atoms with van der Waals surface area (Å²) in [6.07, 6.45) is 2.51. The summed E-state index contributed by atoms with van der Waals surface area (Å²) in [5.41, 5.74) is -0.513. The molecule has 0 spiro atoms. The number of rotatable bonds is 6. The minimum Gasteiger partial charge on any atom is -0.481 e. The van der Waals surface area contributed by atoms with Crippen molar-refractivity contribution in [1.82, 2.24) is 5.32 Å². The summed E-state index contributed by atoms with van der Waals surface area (Å²) in [5, 5.41) is 11.8. The third-order valence-electron chi connectivity index (χ3n) is 3.37. The first-order chi connectivity index (χ1) is 9.49. The molecule has 2 rings (SSSR count). The van der Waals surface area contributed by atoms with Gasteiger partial charge in [-0.25, -0.2) is 0 Å². The Labute approximate surface area is 130 Å². The van der Waals surface area contributed by atoms with Crippen LogP contribution < -0.4 is 5.32 Å². The minimum absolute atomic E-state index is 0.0142. The molecule has 6 heteroatoms. The third kappa shape index (κ3) is 4.24. The first-order valence-electron chi connectivity index (χ1n) is 6.40. The largest absolute Gasteiger partial charge is 0.481 e. The average Bonchev–Trinajstić information content (AvgIpc) is 2.33. The van der Waals surface area contributed by atoms with Crippen LogP contribution in [0.2, 0.25) is 0 Å². The summed E-state index contributed by atoms with van der Waals surface area (Å²) in [4.78, 5) is 23.8. The molecule has 1 aromatic carbocycles. The maximum absolute atomic E-state index is 12.0. The maximum Gasteiger partial charge on any atom is 0.305 e. The lowest BCUT2D eigenvalue weighted by molar-refractivity contribution is -0.140. The predicted octanol–water partition coefficient (Wildman–Crippen LogP) is 3.05. The average molecular weight is 358 g/mol. The van der Waals surface area contributed by atoms with Gasteiger partial charge in [0, 0.05) is 9.37 Å². The van der Waals surface area contributed by atoms with Gasteiger partial charge in [0.15, 0.2) is 0 Å². The highest BCUT2D eigenvalue weighted by Crippen LogP contribution is 2.35. The summed E-state index contributed by atoms with van der Waals surface area (Å²) in [6.45, 7) is 0. The molecule has 0 heterocycles. The van der Waals surface area contributed by atoms with Crippen molar-refractivity contribution in [3.8, 4) is 0 Å². The van der Waals surface area contributed by atoms with Crippen molar-refractivity contribution in [1.29, 1.82) is 0 Å². The Kier molecular flexibility index (Phi) is 5.10. The van der Waals surface area contributed by atoms with Gasteiger partial charge in [-0.1, -0.05) is 22.0 Å². The van der Waals surface area contributed by atoms with Gasteiger partial charge in [0.2, 0.25) is 5.91 Å². The van der Waals surface area contributed by atoms with Crippen LogP contribution in [0.25, 0.3) is 0 Å². The number of carbonyl (C=O) groups is 2. The molecule has 0 atom stereocenters. The van der Waals surface area contributed by atoms with E-state index in [-0.39, 0.29) is 12.3 Å². The van der Waals surface area contributed by atoms with Gasteiger partial charge >= 0.3 is 5.97 Å². The van der Waals surface area contributed by atoms with Crippen molar-refractivity contribution in [3.63, 3.8) is 0 Å². The summed E-state index contributed by atoms with van der Waals surface area (Å²) in [7, 11) is 0. The fraction of sp³-hybridized carbons (Fsp3) is 0.429. The zero-order valence-electron chi connectivity index (χ0n) is 10.9. The molecule has 0 aromatic heterocycles. The quantitative estimate of drug-likeness (QED) is 0.767. The smallest absolute Gasteiger partial charge is 0.305 e. The van der Waals surface area contributed by atoms with Gasteiger partial charge in [-0.2, -0.15) is 0 Å². The van der Waals surface area contributed by atoms with Crippen LogP contribution in [0.4, 0.5) is 0 Å². The van der Waals surface area contributed by atoms with E-state index in [9.17, 15) is 9.59 Å². The lowest BCUT2D eigenvalue weighted by Gasteiger charge is -2.41. The molecule has 1 aliphatic carbocycles. The molecule has 20 heavy (non-hydrogen) atoms. The molecule has 4 nitrogen and oxygen atoms in total. The van der Waals surface area contributed by atoms with Crippen LogP contribution in [0.1, 0.15) is 25.7 Å². The molecular weight excluding hydrogens is 342 g/mol. The summed E-state index contributed by atoms with van der Waals surface area (Å²) < 4.78 is 0.976. The van der Waals surface area contributed by atoms with E-state index in [2.05, 4.69) is 21.2 Å². The first kappa shape index (κ1) is 15.4. The summed E-state index contributed by atoms with van der Waals surface area (Å²) >= 11 is 4.83. The first-order valence-corrected chi connectivity index (χ1v) is 8.18. The Bertz CT molecular complexity index is 517. The molecule has 0 aliphatic heterocycles. The van der Waals surface area contributed by atoms with Gasteiger partial charge in [0.1, 0.15) is 0 Å². The SMILES string of the molecule is O=C(O)CC1(NC(=O)CSc2cccc(Br)c2)CCC1. The molecule has 0 unspecified atom stereocenters. The van der Waals surface area contributed by atoms with E-state index < -0.39 is 11.5 Å². The molecule has 1 aromatic rings. The second-order valence-corrected chi connectivity index (χ2v) is 6.96. The van der Waals surface area contributed by atoms with E-state index in [4.69, 9.17) is 5.11 Å². The van der Waals surface area contributed by atoms with E-state index in [1.807, 2.05) is 24.3 Å². The number of benzene rings is 1. The van der Waals surface area contributed by atoms with E-state index in [1.54, 1.807) is 0 Å². The van der Waals surface area contributed by atoms with Gasteiger partial charge in [0.25, 0.3) is 0 Å². The molecule has 0 saturated heterocycles. The number of amides is 1. The zero-order chi connectivity index (χ0) is 14.6. The van der Waals surface area contributed by atoms with Gasteiger partial charge < -0.3 is 10.4 Å². The van der Waals surface area contributed by atoms with Crippen molar-refractivity contribution >= 4 is 39.6 Å². The highest BCUT2D eigenvalue weighted by Gasteiger charge is 2.40. The second kappa shape index (κ2) is 6.63. The highest BCUT2D eigenvalue weighted by atomic mass is 79.9. The Morgan fingerprint density at radius 1 is 1.40 bits per heavy atom. The Morgan fingerprint density at radius 2 is 2.15 bits per heavy atom. The van der Waals surface area contributed by atoms with Crippen LogP contribution in [0.15, 0.2) is 33.6 Å². The van der Waals surface area contributed by atoms with Crippen molar-refractivity contribution in [2.45, 2.75) is 36.1 Å². The van der Waals surface area contributed by atoms with Gasteiger partial charge in [-0.3, -0.25) is 9.59 Å². The zero-order valence-corrected chi connectivity index (χ0v) is 13.3. The second-order valence-electron chi connectivity index (χ2n) is 5.00. The lowest BCUT2D eigenvalue weighted by atomic mass is 9.74. The highest BCUT2D eigenvalue weighted by molar-refractivity contribution is 9.10. The minimum atomic E-state index is -0.857. The number of aliphatic carboxylic acids is 1. The van der Waals surface area contributed by atoms with Crippen molar-refractivity contribution in [3.05, 3.63) is 28.7 Å². The van der Waals surface area contributed by atoms with E-state index >= 15 is 0 Å². The number of halogens is 1. The Balaban J connectivity index is 1.84. The van der Waals surface area contributed by atoms with Crippen molar-refractivity contribution in [2.75, 3.05) is 5.75 Å². The van der Waals surface area contributed by atoms with Crippen LogP contribution in [0.3, 0.4) is 0 Å². The van der Waals surface area contributed by atoms with Crippen LogP contribution in [-0.4, -0.2) is 28.3 Å². The number of hydrogen-bond donors (Lipinski definition) is 2. The van der Waals surface area contributed by atoms with Crippen LogP contribution in [0.5, 0.6) is 0 Å². The van der Waals surface area contributed by atoms with Crippen LogP contribution in [0, 0.1) is 0 Å². The standard InChI is InChI=1S/C14H16BrNO3S/c15-10-3-1-4-11(7-10)20-9-12(17)16-14(5-2-6-14)8-13(18)19/h1,3-4,7H,2,5-6,8-9H2,(H,16,17)(H,18,19). The van der Waals surface area contributed by atoms with Crippen LogP contribution in [-0.2, 0) is 9.59 Å². The Hall–Kier alpha value is -1.01. The number of carbonyl (C=O) groups excluding carboxylic acids is 1. The summed E-state index contributed by atoms with van der Waals surface area (Å²) in [5.74, 6) is -0.654. The lowest BCUT2D eigenvalue weighted by Crippen LogP contribution is -2.55. The molecule has 1 aliphatic rings. The van der Waals surface area contributed by atoms with Crippen molar-refractivity contribution < 1.29 is 14.7 Å². The molecular formula is C14H16BrNO3S. The molecule has 108 valence electrons. The van der Waals surface area contributed by atoms with Crippen LogP contribution >= 0.6 is 27.7 Å². The third-order valence-corrected chi connectivity index (χ3v) is 4.86. The topological polar surface area (TPSA) is 66.4 Å². The summed E-state index contributed by atoms with van der Waals surface area (Å²) in [6, 6.07) is 7.75. The predicted molar refractivity (Wildman–Crippen MR) is 81.8 cm³/mol. The van der Waals surface area contributed by atoms with E-state index in [1.165, 1.54) is 11.8 Å². The van der Waals surface area contributed by atoms with Gasteiger partial charge in [-0.05, 0) is 37.5 Å². The molecule has 1 fully saturated rings. The molecule has 1 amide bonds. The fourth-order valence-corrected chi connectivity index (χ4v) is 3.58. The van der Waals surface area contributed by atoms with Gasteiger partial charge in [-0.15, -0.1) is 11.8 Å². The number of nitrogens with one attached hydrogen (secondary N) is 1. The number of hydrogen-bond acceptors (Lipinski definition) is 3. The monoisotopic (exact) mass is 357 g/mol. The normalized spacial score (nSPS) is 16.2. The fourth-order valence-electron chi connectivity index (χ4n) is 2.28. The molecule has 0 radical (unpaired) electrons. The van der Waals surface area contributed by atoms with Crippen molar-refractivity contribution in [2.24, 2.45) is 0 Å². The van der Waals surface area contributed by atoms with E-state index in [0.29, 0.717) is 5.75 Å². The van der Waals surface area contributed by atoms with E-state index in [0.717, 1.165) is 28.6 Å². The Morgan fingerprint density at radius 3 is 2.70 bits per heavy atom. The molecule has 2 N–H and O–H groups in total. The number of thioether (sulfide) groups is 1. The number of carboxylic acids is 1. The molecule has 0 bridgehead atoms.